The quantitative estimate of drug-likeness (QED) is 0.903. The van der Waals surface area contributed by atoms with E-state index in [0.717, 1.165) is 18.7 Å². The van der Waals surface area contributed by atoms with E-state index in [9.17, 15) is 9.18 Å². The molecule has 116 valence electrons. The first-order valence-corrected chi connectivity index (χ1v) is 7.20. The van der Waals surface area contributed by atoms with Crippen LogP contribution in [0.15, 0.2) is 24.5 Å². The van der Waals surface area contributed by atoms with E-state index < -0.39 is 5.82 Å². The van der Waals surface area contributed by atoms with Gasteiger partial charge < -0.3 is 10.2 Å². The molecule has 0 radical (unpaired) electrons. The summed E-state index contributed by atoms with van der Waals surface area (Å²) in [6.07, 6.45) is 2.18. The summed E-state index contributed by atoms with van der Waals surface area (Å²) >= 11 is 5.68. The molecule has 7 nitrogen and oxygen atoms in total. The third-order valence-corrected chi connectivity index (χ3v) is 3.83. The summed E-state index contributed by atoms with van der Waals surface area (Å²) in [4.78, 5) is 13.9. The monoisotopic (exact) mass is 324 g/mol. The van der Waals surface area contributed by atoms with Crippen LogP contribution in [0.1, 0.15) is 6.42 Å². The number of anilines is 1. The van der Waals surface area contributed by atoms with Crippen molar-refractivity contribution in [2.24, 2.45) is 0 Å². The first-order chi connectivity index (χ1) is 10.6. The lowest BCUT2D eigenvalue weighted by Crippen LogP contribution is -2.39. The third kappa shape index (κ3) is 3.33. The van der Waals surface area contributed by atoms with Crippen LogP contribution < -0.4 is 10.2 Å². The van der Waals surface area contributed by atoms with Gasteiger partial charge in [-0.1, -0.05) is 11.6 Å². The zero-order valence-corrected chi connectivity index (χ0v) is 12.4. The van der Waals surface area contributed by atoms with Crippen molar-refractivity contribution in [1.82, 2.24) is 25.5 Å². The van der Waals surface area contributed by atoms with Crippen LogP contribution in [0.25, 0.3) is 0 Å². The SMILES string of the molecule is O=C(Cn1cnnn1)NC1CCN(c2ccc(Cl)c(F)c2)C1. The van der Waals surface area contributed by atoms with E-state index in [1.54, 1.807) is 6.07 Å². The molecular weight excluding hydrogens is 311 g/mol. The van der Waals surface area contributed by atoms with E-state index in [1.807, 2.05) is 4.90 Å². The lowest BCUT2D eigenvalue weighted by molar-refractivity contribution is -0.122. The van der Waals surface area contributed by atoms with Crippen LogP contribution in [-0.4, -0.2) is 45.2 Å². The van der Waals surface area contributed by atoms with E-state index >= 15 is 0 Å². The molecule has 0 aliphatic carbocycles. The zero-order chi connectivity index (χ0) is 15.5. The van der Waals surface area contributed by atoms with Gasteiger partial charge >= 0.3 is 0 Å². The van der Waals surface area contributed by atoms with Gasteiger partial charge in [0.15, 0.2) is 0 Å². The second kappa shape index (κ2) is 6.27. The number of nitrogens with zero attached hydrogens (tertiary/aromatic N) is 5. The van der Waals surface area contributed by atoms with Crippen LogP contribution >= 0.6 is 11.6 Å². The molecule has 1 N–H and O–H groups in total. The van der Waals surface area contributed by atoms with Crippen molar-refractivity contribution in [2.45, 2.75) is 19.0 Å². The van der Waals surface area contributed by atoms with Gasteiger partial charge in [-0.2, -0.15) is 0 Å². The Labute approximate surface area is 131 Å². The summed E-state index contributed by atoms with van der Waals surface area (Å²) in [6.45, 7) is 1.46. The van der Waals surface area contributed by atoms with E-state index in [2.05, 4.69) is 20.8 Å². The van der Waals surface area contributed by atoms with E-state index in [1.165, 1.54) is 23.1 Å². The standard InChI is InChI=1S/C13H14ClFN6O/c14-11-2-1-10(5-12(11)15)20-4-3-9(6-20)17-13(22)7-21-8-16-18-19-21/h1-2,5,8-9H,3-4,6-7H2,(H,17,22). The van der Waals surface area contributed by atoms with Crippen molar-refractivity contribution in [1.29, 1.82) is 0 Å². The molecule has 2 heterocycles. The highest BCUT2D eigenvalue weighted by atomic mass is 35.5. The topological polar surface area (TPSA) is 75.9 Å². The smallest absolute Gasteiger partial charge is 0.242 e. The van der Waals surface area contributed by atoms with Gasteiger partial charge in [0.05, 0.1) is 5.02 Å². The van der Waals surface area contributed by atoms with E-state index in [-0.39, 0.29) is 23.5 Å². The summed E-state index contributed by atoms with van der Waals surface area (Å²) in [5, 5.41) is 13.6. The summed E-state index contributed by atoms with van der Waals surface area (Å²) in [6, 6.07) is 4.74. The molecule has 1 saturated heterocycles. The fourth-order valence-electron chi connectivity index (χ4n) is 2.47. The van der Waals surface area contributed by atoms with Crippen molar-refractivity contribution in [3.8, 4) is 0 Å². The largest absolute Gasteiger partial charge is 0.369 e. The average Bonchev–Trinajstić information content (AvgIpc) is 3.13. The summed E-state index contributed by atoms with van der Waals surface area (Å²) in [5.74, 6) is -0.591. The van der Waals surface area contributed by atoms with Crippen molar-refractivity contribution < 1.29 is 9.18 Å². The Kier molecular flexibility index (Phi) is 4.19. The minimum absolute atomic E-state index is 0.0164. The maximum absolute atomic E-state index is 13.5. The number of nitrogens with one attached hydrogen (secondary N) is 1. The zero-order valence-electron chi connectivity index (χ0n) is 11.6. The number of amides is 1. The highest BCUT2D eigenvalue weighted by Crippen LogP contribution is 2.24. The molecular formula is C13H14ClFN6O. The van der Waals surface area contributed by atoms with Gasteiger partial charge in [0.2, 0.25) is 5.91 Å². The second-order valence-electron chi connectivity index (χ2n) is 5.10. The predicted octanol–water partition coefficient (Wildman–Crippen LogP) is 0.861. The van der Waals surface area contributed by atoms with Crippen molar-refractivity contribution in [3.05, 3.63) is 35.4 Å². The van der Waals surface area contributed by atoms with E-state index in [0.29, 0.717) is 6.54 Å². The Balaban J connectivity index is 1.55. The van der Waals surface area contributed by atoms with Crippen LogP contribution in [0.2, 0.25) is 5.02 Å². The molecule has 22 heavy (non-hydrogen) atoms. The summed E-state index contributed by atoms with van der Waals surface area (Å²) in [7, 11) is 0. The first kappa shape index (κ1) is 14.7. The highest BCUT2D eigenvalue weighted by molar-refractivity contribution is 6.30. The fraction of sp³-hybridized carbons (Fsp3) is 0.385. The Morgan fingerprint density at radius 2 is 2.36 bits per heavy atom. The third-order valence-electron chi connectivity index (χ3n) is 3.52. The maximum Gasteiger partial charge on any atom is 0.242 e. The molecule has 1 amide bonds. The molecule has 1 aliphatic heterocycles. The minimum Gasteiger partial charge on any atom is -0.369 e. The van der Waals surface area contributed by atoms with Crippen molar-refractivity contribution >= 4 is 23.2 Å². The number of hydrogen-bond acceptors (Lipinski definition) is 5. The number of rotatable bonds is 4. The van der Waals surface area contributed by atoms with Gasteiger partial charge in [0, 0.05) is 24.8 Å². The van der Waals surface area contributed by atoms with Crippen LogP contribution in [-0.2, 0) is 11.3 Å². The van der Waals surface area contributed by atoms with Crippen LogP contribution in [0.4, 0.5) is 10.1 Å². The van der Waals surface area contributed by atoms with E-state index in [4.69, 9.17) is 11.6 Å². The second-order valence-corrected chi connectivity index (χ2v) is 5.51. The van der Waals surface area contributed by atoms with Gasteiger partial charge in [0.1, 0.15) is 18.7 Å². The number of tetrazole rings is 1. The molecule has 0 spiro atoms. The molecule has 1 aromatic carbocycles. The number of halogens is 2. The molecule has 3 rings (SSSR count). The summed E-state index contributed by atoms with van der Waals surface area (Å²) < 4.78 is 14.9. The Bertz CT molecular complexity index is 665. The van der Waals surface area contributed by atoms with Gasteiger partial charge in [-0.3, -0.25) is 4.79 Å². The van der Waals surface area contributed by atoms with Gasteiger partial charge in [-0.15, -0.1) is 5.10 Å². The molecule has 1 atom stereocenters. The molecule has 1 aliphatic rings. The number of carbonyl (C=O) groups is 1. The van der Waals surface area contributed by atoms with Crippen molar-refractivity contribution in [3.63, 3.8) is 0 Å². The normalized spacial score (nSPS) is 17.7. The summed E-state index contributed by atoms with van der Waals surface area (Å²) in [5.41, 5.74) is 0.763. The molecule has 2 aromatic rings. The molecule has 1 aromatic heterocycles. The number of hydrogen-bond donors (Lipinski definition) is 1. The number of aromatic nitrogens is 4. The van der Waals surface area contributed by atoms with Crippen LogP contribution in [0.5, 0.6) is 0 Å². The van der Waals surface area contributed by atoms with Gasteiger partial charge in [-0.05, 0) is 35.0 Å². The lowest BCUT2D eigenvalue weighted by atomic mass is 10.2. The minimum atomic E-state index is -0.440. The molecule has 1 fully saturated rings. The first-order valence-electron chi connectivity index (χ1n) is 6.82. The Morgan fingerprint density at radius 3 is 3.09 bits per heavy atom. The number of carbonyl (C=O) groups excluding carboxylic acids is 1. The van der Waals surface area contributed by atoms with Gasteiger partial charge in [0.25, 0.3) is 0 Å². The van der Waals surface area contributed by atoms with Crippen LogP contribution in [0, 0.1) is 5.82 Å². The molecule has 0 bridgehead atoms. The molecule has 0 saturated carbocycles. The van der Waals surface area contributed by atoms with Gasteiger partial charge in [-0.25, -0.2) is 9.07 Å². The highest BCUT2D eigenvalue weighted by Gasteiger charge is 2.24. The van der Waals surface area contributed by atoms with Crippen molar-refractivity contribution in [2.75, 3.05) is 18.0 Å². The predicted molar refractivity (Wildman–Crippen MR) is 78.0 cm³/mol. The Morgan fingerprint density at radius 1 is 1.50 bits per heavy atom. The molecule has 9 heteroatoms. The molecule has 1 unspecified atom stereocenters. The van der Waals surface area contributed by atoms with Crippen LogP contribution in [0.3, 0.4) is 0 Å². The Hall–Kier alpha value is -2.22. The average molecular weight is 325 g/mol. The maximum atomic E-state index is 13.5. The number of benzene rings is 1. The lowest BCUT2D eigenvalue weighted by Gasteiger charge is -2.19. The fourth-order valence-corrected chi connectivity index (χ4v) is 2.59.